The van der Waals surface area contributed by atoms with Crippen LogP contribution >= 0.6 is 0 Å². The van der Waals surface area contributed by atoms with Gasteiger partial charge in [-0.05, 0) is 30.5 Å². The second-order valence-electron chi connectivity index (χ2n) is 8.51. The number of hydrogen-bond donors (Lipinski definition) is 2. The molecule has 8 nitrogen and oxygen atoms in total. The van der Waals surface area contributed by atoms with Crippen LogP contribution in [0.15, 0.2) is 36.4 Å². The van der Waals surface area contributed by atoms with Crippen LogP contribution in [0.25, 0.3) is 0 Å². The van der Waals surface area contributed by atoms with Crippen molar-refractivity contribution in [3.8, 4) is 5.88 Å². The third-order valence-electron chi connectivity index (χ3n) is 5.47. The summed E-state index contributed by atoms with van der Waals surface area (Å²) in [5, 5.41) is 7.04. The summed E-state index contributed by atoms with van der Waals surface area (Å²) in [6, 6.07) is 11.8. The van der Waals surface area contributed by atoms with Gasteiger partial charge in [-0.1, -0.05) is 53.7 Å². The van der Waals surface area contributed by atoms with E-state index in [1.807, 2.05) is 83.1 Å². The van der Waals surface area contributed by atoms with Gasteiger partial charge in [0, 0.05) is 76.5 Å². The van der Waals surface area contributed by atoms with E-state index >= 15 is 0 Å². The highest BCUT2D eigenvalue weighted by molar-refractivity contribution is 5.78. The Morgan fingerprint density at radius 3 is 2.18 bits per heavy atom. The first-order valence-electron chi connectivity index (χ1n) is 14.2. The highest BCUT2D eigenvalue weighted by atomic mass is 16.5. The van der Waals surface area contributed by atoms with E-state index < -0.39 is 0 Å². The molecule has 1 aliphatic rings. The summed E-state index contributed by atoms with van der Waals surface area (Å²) in [6.45, 7) is 19.5. The smallest absolute Gasteiger partial charge is 0.217 e. The second-order valence-corrected chi connectivity index (χ2v) is 8.51. The molecule has 0 unspecified atom stereocenters. The molecule has 1 aromatic carbocycles. The Hall–Kier alpha value is -2.84. The van der Waals surface area contributed by atoms with Crippen molar-refractivity contribution < 1.29 is 9.47 Å². The molecular formula is C30H54N6O2. The Labute approximate surface area is 232 Å². The third kappa shape index (κ3) is 14.2. The van der Waals surface area contributed by atoms with E-state index in [1.54, 1.807) is 0 Å². The van der Waals surface area contributed by atoms with Gasteiger partial charge < -0.3 is 30.4 Å². The van der Waals surface area contributed by atoms with Gasteiger partial charge in [0.1, 0.15) is 12.4 Å². The van der Waals surface area contributed by atoms with Crippen molar-refractivity contribution in [3.63, 3.8) is 0 Å². The number of nitrogens with two attached hydrogens (primary N) is 1. The summed E-state index contributed by atoms with van der Waals surface area (Å²) in [5.41, 5.74) is 9.13. The van der Waals surface area contributed by atoms with Crippen LogP contribution in [-0.4, -0.2) is 82.7 Å². The van der Waals surface area contributed by atoms with Gasteiger partial charge in [-0.3, -0.25) is 4.90 Å². The van der Waals surface area contributed by atoms with Crippen molar-refractivity contribution in [3.05, 3.63) is 42.0 Å². The number of nitrogens with one attached hydrogen (secondary N) is 1. The summed E-state index contributed by atoms with van der Waals surface area (Å²) >= 11 is 0. The summed E-state index contributed by atoms with van der Waals surface area (Å²) in [7, 11) is 3.98. The highest BCUT2D eigenvalue weighted by Gasteiger charge is 2.12. The minimum atomic E-state index is 0.515. The Balaban J connectivity index is 0.000000763. The average Bonchev–Trinajstić information content (AvgIpc) is 2.96. The van der Waals surface area contributed by atoms with E-state index in [9.17, 15) is 0 Å². The largest absolute Gasteiger partial charge is 0.476 e. The first-order valence-corrected chi connectivity index (χ1v) is 14.2. The van der Waals surface area contributed by atoms with Gasteiger partial charge in [-0.15, -0.1) is 0 Å². The van der Waals surface area contributed by atoms with Crippen LogP contribution in [0.3, 0.4) is 0 Å². The Morgan fingerprint density at radius 2 is 1.63 bits per heavy atom. The Bertz CT molecular complexity index is 850. The standard InChI is InChI=1S/C17H30N4O2.C9H12N2.2C2H6/c1-3-5-21(6-4-2)15-13-16(18)19-17(14-15)23-12-9-20-7-10-22-11-8-20;1-11(2)9-5-3-4-8(6-9)7-10;2*1-2/h13-14H,3-12H2,1-2H3,(H2,18,19);3-7,10H,1-2H3;2*1-2H3. The van der Waals surface area contributed by atoms with Crippen molar-refractivity contribution in [2.24, 2.45) is 0 Å². The van der Waals surface area contributed by atoms with E-state index in [1.165, 1.54) is 6.21 Å². The van der Waals surface area contributed by atoms with Crippen molar-refractivity contribution in [2.45, 2.75) is 54.4 Å². The number of ether oxygens (including phenoxy) is 2. The topological polar surface area (TPSA) is 90.9 Å². The van der Waals surface area contributed by atoms with Crippen LogP contribution < -0.4 is 20.3 Å². The zero-order valence-corrected chi connectivity index (χ0v) is 25.3. The molecule has 0 radical (unpaired) electrons. The van der Waals surface area contributed by atoms with E-state index in [0.717, 1.165) is 75.7 Å². The first kappa shape index (κ1) is 35.2. The molecule has 38 heavy (non-hydrogen) atoms. The van der Waals surface area contributed by atoms with Gasteiger partial charge in [0.25, 0.3) is 0 Å². The molecule has 0 saturated carbocycles. The van der Waals surface area contributed by atoms with Gasteiger partial charge >= 0.3 is 0 Å². The molecule has 0 aliphatic carbocycles. The molecule has 3 N–H and O–H groups in total. The average molecular weight is 531 g/mol. The number of hydrogen-bond acceptors (Lipinski definition) is 8. The number of benzene rings is 1. The summed E-state index contributed by atoms with van der Waals surface area (Å²) in [6.07, 6.45) is 3.57. The molecule has 216 valence electrons. The molecular weight excluding hydrogens is 476 g/mol. The minimum Gasteiger partial charge on any atom is -0.476 e. The fourth-order valence-corrected chi connectivity index (χ4v) is 3.67. The van der Waals surface area contributed by atoms with Crippen molar-refractivity contribution in [1.29, 1.82) is 5.41 Å². The molecule has 0 spiro atoms. The van der Waals surface area contributed by atoms with Gasteiger partial charge in [0.05, 0.1) is 13.2 Å². The van der Waals surface area contributed by atoms with Crippen LogP contribution in [-0.2, 0) is 4.74 Å². The van der Waals surface area contributed by atoms with Crippen LogP contribution in [0, 0.1) is 5.41 Å². The predicted molar refractivity (Wildman–Crippen MR) is 166 cm³/mol. The molecule has 3 rings (SSSR count). The van der Waals surface area contributed by atoms with Gasteiger partial charge in [0.2, 0.25) is 5.88 Å². The lowest BCUT2D eigenvalue weighted by molar-refractivity contribution is 0.0320. The van der Waals surface area contributed by atoms with Crippen LogP contribution in [0.2, 0.25) is 0 Å². The van der Waals surface area contributed by atoms with Crippen LogP contribution in [0.4, 0.5) is 17.2 Å². The number of rotatable bonds is 11. The number of pyridine rings is 1. The Kier molecular flexibility index (Phi) is 20.5. The molecule has 1 aromatic heterocycles. The zero-order valence-electron chi connectivity index (χ0n) is 25.3. The van der Waals surface area contributed by atoms with E-state index in [-0.39, 0.29) is 0 Å². The first-order chi connectivity index (χ1) is 18.5. The number of nitrogens with zero attached hydrogens (tertiary/aromatic N) is 4. The lowest BCUT2D eigenvalue weighted by Crippen LogP contribution is -2.38. The Morgan fingerprint density at radius 1 is 1.00 bits per heavy atom. The summed E-state index contributed by atoms with van der Waals surface area (Å²) in [5.74, 6) is 1.13. The van der Waals surface area contributed by atoms with E-state index in [0.29, 0.717) is 18.3 Å². The molecule has 2 heterocycles. The molecule has 8 heteroatoms. The van der Waals surface area contributed by atoms with Gasteiger partial charge in [0.15, 0.2) is 0 Å². The van der Waals surface area contributed by atoms with Crippen molar-refractivity contribution in [2.75, 3.05) is 82.2 Å². The van der Waals surface area contributed by atoms with Crippen molar-refractivity contribution >= 4 is 23.4 Å². The number of nitrogen functional groups attached to an aromatic ring is 1. The number of anilines is 3. The normalized spacial score (nSPS) is 12.4. The number of morpholine rings is 1. The zero-order chi connectivity index (χ0) is 28.8. The second kappa shape index (κ2) is 22.2. The lowest BCUT2D eigenvalue weighted by Gasteiger charge is -2.26. The molecule has 1 fully saturated rings. The fraction of sp³-hybridized carbons (Fsp3) is 0.600. The quantitative estimate of drug-likeness (QED) is 0.355. The molecule has 1 saturated heterocycles. The van der Waals surface area contributed by atoms with Gasteiger partial charge in [-0.2, -0.15) is 4.98 Å². The predicted octanol–water partition coefficient (Wildman–Crippen LogP) is 5.80. The van der Waals surface area contributed by atoms with Crippen molar-refractivity contribution in [1.82, 2.24) is 9.88 Å². The molecule has 0 atom stereocenters. The lowest BCUT2D eigenvalue weighted by atomic mass is 10.2. The number of aromatic nitrogens is 1. The minimum absolute atomic E-state index is 0.515. The van der Waals surface area contributed by atoms with Gasteiger partial charge in [-0.25, -0.2) is 0 Å². The summed E-state index contributed by atoms with van der Waals surface area (Å²) in [4.78, 5) is 11.0. The fourth-order valence-electron chi connectivity index (χ4n) is 3.67. The monoisotopic (exact) mass is 530 g/mol. The molecule has 0 amide bonds. The summed E-state index contributed by atoms with van der Waals surface area (Å²) < 4.78 is 11.2. The molecule has 2 aromatic rings. The maximum absolute atomic E-state index is 7.04. The maximum Gasteiger partial charge on any atom is 0.217 e. The van der Waals surface area contributed by atoms with Crippen LogP contribution in [0.1, 0.15) is 59.9 Å². The van der Waals surface area contributed by atoms with E-state index in [2.05, 4.69) is 28.6 Å². The third-order valence-corrected chi connectivity index (χ3v) is 5.47. The molecule has 1 aliphatic heterocycles. The molecule has 0 bridgehead atoms. The SMILES string of the molecule is CC.CC.CCCN(CCC)c1cc(N)nc(OCCN2CCOCC2)c1.CN(C)c1cccc(C=N)c1. The maximum atomic E-state index is 7.04. The van der Waals surface area contributed by atoms with Crippen LogP contribution in [0.5, 0.6) is 5.88 Å². The van der Waals surface area contributed by atoms with E-state index in [4.69, 9.17) is 20.6 Å². The highest BCUT2D eigenvalue weighted by Crippen LogP contribution is 2.23.